The van der Waals surface area contributed by atoms with Crippen LogP contribution in [-0.2, 0) is 17.8 Å². The van der Waals surface area contributed by atoms with Crippen molar-refractivity contribution in [3.8, 4) is 11.5 Å². The van der Waals surface area contributed by atoms with Gasteiger partial charge in [-0.1, -0.05) is 29.8 Å². The van der Waals surface area contributed by atoms with E-state index in [-0.39, 0.29) is 12.3 Å². The Morgan fingerprint density at radius 1 is 1.04 bits per heavy atom. The van der Waals surface area contributed by atoms with Crippen molar-refractivity contribution in [3.63, 3.8) is 0 Å². The fraction of sp³-hybridized carbons (Fsp3) is 0.316. The second kappa shape index (κ2) is 7.68. The number of ether oxygens (including phenoxy) is 2. The van der Waals surface area contributed by atoms with Crippen molar-refractivity contribution in [1.29, 1.82) is 0 Å². The summed E-state index contributed by atoms with van der Waals surface area (Å²) in [5.41, 5.74) is 4.07. The molecule has 2 rings (SSSR count). The number of hydrogen-bond acceptors (Lipinski definition) is 3. The predicted octanol–water partition coefficient (Wildman–Crippen LogP) is 3.18. The first-order chi connectivity index (χ1) is 11.0. The van der Waals surface area contributed by atoms with Crippen LogP contribution in [0.2, 0.25) is 0 Å². The quantitative estimate of drug-likeness (QED) is 0.891. The third-order valence-corrected chi connectivity index (χ3v) is 3.72. The average molecular weight is 313 g/mol. The summed E-state index contributed by atoms with van der Waals surface area (Å²) in [6, 6.07) is 11.8. The van der Waals surface area contributed by atoms with Gasteiger partial charge in [-0.3, -0.25) is 4.79 Å². The zero-order valence-corrected chi connectivity index (χ0v) is 14.1. The maximum Gasteiger partial charge on any atom is 0.224 e. The minimum atomic E-state index is -0.0456. The van der Waals surface area contributed by atoms with Crippen molar-refractivity contribution < 1.29 is 14.3 Å². The van der Waals surface area contributed by atoms with E-state index in [1.54, 1.807) is 14.2 Å². The summed E-state index contributed by atoms with van der Waals surface area (Å²) in [6.07, 6.45) is 0.256. The average Bonchev–Trinajstić information content (AvgIpc) is 2.54. The van der Waals surface area contributed by atoms with Crippen LogP contribution in [0.4, 0.5) is 0 Å². The minimum absolute atomic E-state index is 0.0456. The summed E-state index contributed by atoms with van der Waals surface area (Å²) in [5, 5.41) is 2.94. The number of carbonyl (C=O) groups excluding carboxylic acids is 1. The molecular weight excluding hydrogens is 290 g/mol. The van der Waals surface area contributed by atoms with Crippen molar-refractivity contribution in [1.82, 2.24) is 5.32 Å². The largest absolute Gasteiger partial charge is 0.496 e. The van der Waals surface area contributed by atoms with Crippen molar-refractivity contribution in [2.45, 2.75) is 26.8 Å². The van der Waals surface area contributed by atoms with E-state index >= 15 is 0 Å². The van der Waals surface area contributed by atoms with Crippen LogP contribution in [-0.4, -0.2) is 20.1 Å². The maximum atomic E-state index is 12.2. The van der Waals surface area contributed by atoms with Gasteiger partial charge in [-0.15, -0.1) is 0 Å². The highest BCUT2D eigenvalue weighted by Crippen LogP contribution is 2.28. The molecule has 2 aromatic rings. The molecule has 0 saturated heterocycles. The second-order valence-corrected chi connectivity index (χ2v) is 5.58. The van der Waals surface area contributed by atoms with Gasteiger partial charge in [-0.2, -0.15) is 0 Å². The molecule has 2 aromatic carbocycles. The Morgan fingerprint density at radius 3 is 2.43 bits per heavy atom. The minimum Gasteiger partial charge on any atom is -0.496 e. The van der Waals surface area contributed by atoms with E-state index in [9.17, 15) is 4.79 Å². The maximum absolute atomic E-state index is 12.2. The van der Waals surface area contributed by atoms with Gasteiger partial charge >= 0.3 is 0 Å². The zero-order chi connectivity index (χ0) is 16.8. The number of methoxy groups -OCH3 is 2. The molecule has 0 unspecified atom stereocenters. The van der Waals surface area contributed by atoms with E-state index in [1.807, 2.05) is 44.2 Å². The molecule has 0 radical (unpaired) electrons. The van der Waals surface area contributed by atoms with E-state index in [0.29, 0.717) is 12.3 Å². The predicted molar refractivity (Wildman–Crippen MR) is 91.0 cm³/mol. The Labute approximate surface area is 137 Å². The van der Waals surface area contributed by atoms with Crippen molar-refractivity contribution >= 4 is 5.91 Å². The summed E-state index contributed by atoms with van der Waals surface area (Å²) in [6.45, 7) is 4.50. The van der Waals surface area contributed by atoms with Gasteiger partial charge in [0.05, 0.1) is 20.6 Å². The van der Waals surface area contributed by atoms with Gasteiger partial charge in [0, 0.05) is 12.1 Å². The first kappa shape index (κ1) is 16.9. The molecule has 0 heterocycles. The monoisotopic (exact) mass is 313 g/mol. The lowest BCUT2D eigenvalue weighted by Gasteiger charge is -2.13. The Bertz CT molecular complexity index is 695. The molecule has 1 amide bonds. The van der Waals surface area contributed by atoms with Crippen LogP contribution in [0.25, 0.3) is 0 Å². The summed E-state index contributed by atoms with van der Waals surface area (Å²) >= 11 is 0. The molecular formula is C19H23NO3. The number of carbonyl (C=O) groups is 1. The molecule has 0 spiro atoms. The number of hydrogen-bond donors (Lipinski definition) is 1. The summed E-state index contributed by atoms with van der Waals surface area (Å²) < 4.78 is 10.7. The van der Waals surface area contributed by atoms with Gasteiger partial charge in [0.1, 0.15) is 11.5 Å². The third-order valence-electron chi connectivity index (χ3n) is 3.72. The van der Waals surface area contributed by atoms with Gasteiger partial charge in [-0.05, 0) is 37.1 Å². The molecule has 4 heteroatoms. The fourth-order valence-electron chi connectivity index (χ4n) is 2.51. The highest BCUT2D eigenvalue weighted by Gasteiger charge is 2.12. The van der Waals surface area contributed by atoms with Gasteiger partial charge in [0.25, 0.3) is 0 Å². The Morgan fingerprint density at radius 2 is 1.78 bits per heavy atom. The molecule has 1 N–H and O–H groups in total. The van der Waals surface area contributed by atoms with Gasteiger partial charge in [0.15, 0.2) is 0 Å². The fourth-order valence-corrected chi connectivity index (χ4v) is 2.51. The van der Waals surface area contributed by atoms with E-state index in [4.69, 9.17) is 9.47 Å². The van der Waals surface area contributed by atoms with Gasteiger partial charge in [-0.25, -0.2) is 0 Å². The lowest BCUT2D eigenvalue weighted by Crippen LogP contribution is -2.24. The highest BCUT2D eigenvalue weighted by atomic mass is 16.5. The lowest BCUT2D eigenvalue weighted by atomic mass is 10.1. The first-order valence-electron chi connectivity index (χ1n) is 7.57. The topological polar surface area (TPSA) is 47.6 Å². The standard InChI is InChI=1S/C19H23NO3/c1-13-6-5-7-15(8-13)12-20-19(21)11-16-10-17(22-3)14(2)9-18(16)23-4/h5-10H,11-12H2,1-4H3,(H,20,21). The van der Waals surface area contributed by atoms with Crippen LogP contribution >= 0.6 is 0 Å². The Balaban J connectivity index is 2.05. The molecule has 0 aliphatic rings. The summed E-state index contributed by atoms with van der Waals surface area (Å²) in [7, 11) is 3.23. The van der Waals surface area contributed by atoms with E-state index < -0.39 is 0 Å². The molecule has 0 aliphatic heterocycles. The normalized spacial score (nSPS) is 10.3. The molecule has 122 valence electrons. The van der Waals surface area contributed by atoms with Crippen LogP contribution in [0.15, 0.2) is 36.4 Å². The number of nitrogens with one attached hydrogen (secondary N) is 1. The van der Waals surface area contributed by atoms with Crippen LogP contribution < -0.4 is 14.8 Å². The molecule has 0 atom stereocenters. The third kappa shape index (κ3) is 4.49. The van der Waals surface area contributed by atoms with E-state index in [2.05, 4.69) is 11.4 Å². The van der Waals surface area contributed by atoms with E-state index in [1.165, 1.54) is 5.56 Å². The molecule has 0 fully saturated rings. The molecule has 0 aromatic heterocycles. The van der Waals surface area contributed by atoms with Crippen LogP contribution in [0.1, 0.15) is 22.3 Å². The summed E-state index contributed by atoms with van der Waals surface area (Å²) in [5.74, 6) is 1.41. The van der Waals surface area contributed by atoms with Crippen molar-refractivity contribution in [3.05, 3.63) is 58.7 Å². The Hall–Kier alpha value is -2.49. The smallest absolute Gasteiger partial charge is 0.224 e. The first-order valence-corrected chi connectivity index (χ1v) is 7.57. The molecule has 4 nitrogen and oxygen atoms in total. The van der Waals surface area contributed by atoms with Gasteiger partial charge in [0.2, 0.25) is 5.91 Å². The number of rotatable bonds is 6. The molecule has 23 heavy (non-hydrogen) atoms. The van der Waals surface area contributed by atoms with Crippen molar-refractivity contribution in [2.75, 3.05) is 14.2 Å². The van der Waals surface area contributed by atoms with Gasteiger partial charge < -0.3 is 14.8 Å². The summed E-state index contributed by atoms with van der Waals surface area (Å²) in [4.78, 5) is 12.2. The second-order valence-electron chi connectivity index (χ2n) is 5.58. The highest BCUT2D eigenvalue weighted by molar-refractivity contribution is 5.79. The molecule has 0 aliphatic carbocycles. The zero-order valence-electron chi connectivity index (χ0n) is 14.1. The number of aryl methyl sites for hydroxylation is 2. The number of amides is 1. The molecule has 0 saturated carbocycles. The van der Waals surface area contributed by atoms with Crippen LogP contribution in [0.3, 0.4) is 0 Å². The number of benzene rings is 2. The van der Waals surface area contributed by atoms with Crippen LogP contribution in [0.5, 0.6) is 11.5 Å². The van der Waals surface area contributed by atoms with Crippen molar-refractivity contribution in [2.24, 2.45) is 0 Å². The lowest BCUT2D eigenvalue weighted by molar-refractivity contribution is -0.120. The Kier molecular flexibility index (Phi) is 5.63. The van der Waals surface area contributed by atoms with E-state index in [0.717, 1.165) is 22.4 Å². The SMILES string of the molecule is COc1cc(CC(=O)NCc2cccc(C)c2)c(OC)cc1C. The molecule has 0 bridgehead atoms. The van der Waals surface area contributed by atoms with Crippen LogP contribution in [0, 0.1) is 13.8 Å².